The van der Waals surface area contributed by atoms with Gasteiger partial charge in [0.05, 0.1) is 5.69 Å². The number of nitrogens with zero attached hydrogens (tertiary/aromatic N) is 1. The number of nitrogens with one attached hydrogen (secondary N) is 1. The fourth-order valence-corrected chi connectivity index (χ4v) is 0.828. The summed E-state index contributed by atoms with van der Waals surface area (Å²) in [6.45, 7) is 2.15. The van der Waals surface area contributed by atoms with Gasteiger partial charge in [0, 0.05) is 19.0 Å². The number of hydrogen-bond acceptors (Lipinski definition) is 3. The summed E-state index contributed by atoms with van der Waals surface area (Å²) in [4.78, 5) is 10.8. The highest BCUT2D eigenvalue weighted by Gasteiger charge is 1.97. The summed E-state index contributed by atoms with van der Waals surface area (Å²) >= 11 is 0. The molecule has 68 valence electrons. The van der Waals surface area contributed by atoms with E-state index in [-0.39, 0.29) is 5.91 Å². The standard InChI is InChI=1S/C9H10N2O2/c1-2-3-9(12)10-6-4-8-5-7-13-11-8/h5,7H,4,6H2,1H3,(H,10,12). The van der Waals surface area contributed by atoms with Crippen molar-refractivity contribution in [3.05, 3.63) is 18.0 Å². The lowest BCUT2D eigenvalue weighted by atomic mass is 10.3. The Morgan fingerprint density at radius 2 is 2.62 bits per heavy atom. The Morgan fingerprint density at radius 3 is 3.23 bits per heavy atom. The van der Waals surface area contributed by atoms with Crippen LogP contribution in [-0.2, 0) is 11.2 Å². The maximum atomic E-state index is 10.8. The van der Waals surface area contributed by atoms with E-state index in [1.165, 1.54) is 6.26 Å². The van der Waals surface area contributed by atoms with E-state index >= 15 is 0 Å². The molecule has 0 saturated carbocycles. The van der Waals surface area contributed by atoms with Gasteiger partial charge in [-0.2, -0.15) is 0 Å². The van der Waals surface area contributed by atoms with Crippen LogP contribution in [0.5, 0.6) is 0 Å². The van der Waals surface area contributed by atoms with Gasteiger partial charge in [-0.15, -0.1) is 0 Å². The molecule has 1 rings (SSSR count). The fraction of sp³-hybridized carbons (Fsp3) is 0.333. The van der Waals surface area contributed by atoms with Crippen LogP contribution < -0.4 is 5.32 Å². The van der Waals surface area contributed by atoms with Crippen molar-refractivity contribution in [1.82, 2.24) is 10.5 Å². The molecule has 0 bridgehead atoms. The number of carbonyl (C=O) groups excluding carboxylic acids is 1. The van der Waals surface area contributed by atoms with Crippen molar-refractivity contribution in [2.75, 3.05) is 6.54 Å². The van der Waals surface area contributed by atoms with Gasteiger partial charge in [-0.05, 0) is 12.8 Å². The van der Waals surface area contributed by atoms with E-state index < -0.39 is 0 Å². The minimum atomic E-state index is -0.258. The van der Waals surface area contributed by atoms with Crippen LogP contribution in [0.15, 0.2) is 16.9 Å². The molecule has 0 aromatic carbocycles. The van der Waals surface area contributed by atoms with Crippen LogP contribution in [0.25, 0.3) is 0 Å². The van der Waals surface area contributed by atoms with E-state index in [0.717, 1.165) is 5.69 Å². The summed E-state index contributed by atoms with van der Waals surface area (Å²) in [6.07, 6.45) is 2.16. The summed E-state index contributed by atoms with van der Waals surface area (Å²) in [7, 11) is 0. The molecule has 1 heterocycles. The molecular weight excluding hydrogens is 168 g/mol. The normalized spacial score (nSPS) is 8.69. The average molecular weight is 178 g/mol. The molecule has 0 radical (unpaired) electrons. The van der Waals surface area contributed by atoms with Gasteiger partial charge in [-0.3, -0.25) is 4.79 Å². The maximum absolute atomic E-state index is 10.8. The van der Waals surface area contributed by atoms with Gasteiger partial charge in [-0.25, -0.2) is 0 Å². The van der Waals surface area contributed by atoms with Gasteiger partial charge in [0.2, 0.25) is 0 Å². The molecule has 13 heavy (non-hydrogen) atoms. The molecule has 0 spiro atoms. The van der Waals surface area contributed by atoms with E-state index in [1.54, 1.807) is 13.0 Å². The molecule has 1 aromatic heterocycles. The highest BCUT2D eigenvalue weighted by molar-refractivity contribution is 5.93. The van der Waals surface area contributed by atoms with Crippen molar-refractivity contribution in [1.29, 1.82) is 0 Å². The van der Waals surface area contributed by atoms with E-state index in [2.05, 4.69) is 26.8 Å². The Kier molecular flexibility index (Phi) is 3.58. The number of rotatable bonds is 3. The Labute approximate surface area is 76.3 Å². The summed E-state index contributed by atoms with van der Waals surface area (Å²) < 4.78 is 4.63. The zero-order chi connectivity index (χ0) is 9.52. The van der Waals surface area contributed by atoms with Crippen LogP contribution in [0, 0.1) is 11.8 Å². The lowest BCUT2D eigenvalue weighted by Crippen LogP contribution is -2.23. The Bertz CT molecular complexity index is 319. The Balaban J connectivity index is 2.20. The molecule has 0 aliphatic heterocycles. The van der Waals surface area contributed by atoms with Crippen molar-refractivity contribution in [3.8, 4) is 11.8 Å². The summed E-state index contributed by atoms with van der Waals surface area (Å²) in [5.74, 6) is 4.64. The molecule has 1 N–H and O–H groups in total. The number of amides is 1. The Hall–Kier alpha value is -1.76. The summed E-state index contributed by atoms with van der Waals surface area (Å²) in [5, 5.41) is 6.32. The third kappa shape index (κ3) is 3.43. The highest BCUT2D eigenvalue weighted by Crippen LogP contribution is 1.93. The summed E-state index contributed by atoms with van der Waals surface area (Å²) in [5.41, 5.74) is 0.824. The molecule has 4 heteroatoms. The SMILES string of the molecule is CC#CC(=O)NCCc1ccon1. The Morgan fingerprint density at radius 1 is 1.77 bits per heavy atom. The predicted octanol–water partition coefficient (Wildman–Crippen LogP) is 0.357. The van der Waals surface area contributed by atoms with Crippen molar-refractivity contribution < 1.29 is 9.32 Å². The van der Waals surface area contributed by atoms with Crippen LogP contribution >= 0.6 is 0 Å². The van der Waals surface area contributed by atoms with Crippen LogP contribution in [-0.4, -0.2) is 17.6 Å². The smallest absolute Gasteiger partial charge is 0.295 e. The first kappa shape index (κ1) is 9.33. The lowest BCUT2D eigenvalue weighted by Gasteiger charge is -1.96. The second-order valence-corrected chi connectivity index (χ2v) is 2.37. The molecule has 4 nitrogen and oxygen atoms in total. The second-order valence-electron chi connectivity index (χ2n) is 2.37. The van der Waals surface area contributed by atoms with Gasteiger partial charge in [0.15, 0.2) is 0 Å². The molecule has 0 unspecified atom stereocenters. The first-order valence-corrected chi connectivity index (χ1v) is 3.93. The number of hydrogen-bond donors (Lipinski definition) is 1. The fourth-order valence-electron chi connectivity index (χ4n) is 0.828. The third-order valence-electron chi connectivity index (χ3n) is 1.40. The second kappa shape index (κ2) is 4.99. The van der Waals surface area contributed by atoms with Gasteiger partial charge in [-0.1, -0.05) is 11.1 Å². The first-order valence-electron chi connectivity index (χ1n) is 3.93. The zero-order valence-corrected chi connectivity index (χ0v) is 7.33. The molecule has 0 saturated heterocycles. The van der Waals surface area contributed by atoms with Crippen LogP contribution in [0.1, 0.15) is 12.6 Å². The van der Waals surface area contributed by atoms with Gasteiger partial charge >= 0.3 is 0 Å². The molecule has 0 aliphatic rings. The minimum Gasteiger partial charge on any atom is -0.365 e. The van der Waals surface area contributed by atoms with E-state index in [1.807, 2.05) is 0 Å². The number of carbonyl (C=O) groups is 1. The van der Waals surface area contributed by atoms with Crippen molar-refractivity contribution in [2.45, 2.75) is 13.3 Å². The van der Waals surface area contributed by atoms with Gasteiger partial charge < -0.3 is 9.84 Å². The van der Waals surface area contributed by atoms with Crippen LogP contribution in [0.4, 0.5) is 0 Å². The molecule has 0 atom stereocenters. The maximum Gasteiger partial charge on any atom is 0.295 e. The van der Waals surface area contributed by atoms with Gasteiger partial charge in [0.1, 0.15) is 6.26 Å². The van der Waals surface area contributed by atoms with E-state index in [0.29, 0.717) is 13.0 Å². The van der Waals surface area contributed by atoms with Crippen LogP contribution in [0.3, 0.4) is 0 Å². The van der Waals surface area contributed by atoms with Crippen molar-refractivity contribution in [2.24, 2.45) is 0 Å². The predicted molar refractivity (Wildman–Crippen MR) is 46.7 cm³/mol. The van der Waals surface area contributed by atoms with Crippen molar-refractivity contribution in [3.63, 3.8) is 0 Å². The number of aromatic nitrogens is 1. The largest absolute Gasteiger partial charge is 0.365 e. The topological polar surface area (TPSA) is 55.1 Å². The van der Waals surface area contributed by atoms with E-state index in [4.69, 9.17) is 0 Å². The zero-order valence-electron chi connectivity index (χ0n) is 7.33. The average Bonchev–Trinajstić information content (AvgIpc) is 2.57. The third-order valence-corrected chi connectivity index (χ3v) is 1.40. The molecule has 1 aromatic rings. The first-order chi connectivity index (χ1) is 6.33. The molecular formula is C9H10N2O2. The van der Waals surface area contributed by atoms with Gasteiger partial charge in [0.25, 0.3) is 5.91 Å². The summed E-state index contributed by atoms with van der Waals surface area (Å²) in [6, 6.07) is 1.76. The quantitative estimate of drug-likeness (QED) is 0.680. The molecule has 0 fully saturated rings. The van der Waals surface area contributed by atoms with E-state index in [9.17, 15) is 4.79 Å². The molecule has 0 aliphatic carbocycles. The monoisotopic (exact) mass is 178 g/mol. The lowest BCUT2D eigenvalue weighted by molar-refractivity contribution is -0.115. The van der Waals surface area contributed by atoms with Crippen LogP contribution in [0.2, 0.25) is 0 Å². The molecule has 1 amide bonds. The highest BCUT2D eigenvalue weighted by atomic mass is 16.5. The minimum absolute atomic E-state index is 0.258. The van der Waals surface area contributed by atoms with Crippen molar-refractivity contribution >= 4 is 5.91 Å².